The van der Waals surface area contributed by atoms with Crippen molar-refractivity contribution < 1.29 is 14.1 Å². The Hall–Kier alpha value is -2.88. The van der Waals surface area contributed by atoms with Gasteiger partial charge in [-0.05, 0) is 5.56 Å². The quantitative estimate of drug-likeness (QED) is 0.680. The summed E-state index contributed by atoms with van der Waals surface area (Å²) in [5.74, 6) is 0.401. The van der Waals surface area contributed by atoms with Gasteiger partial charge in [-0.3, -0.25) is 4.79 Å². The molecule has 1 aromatic heterocycles. The van der Waals surface area contributed by atoms with Crippen LogP contribution in [0.3, 0.4) is 0 Å². The van der Waals surface area contributed by atoms with Gasteiger partial charge in [-0.15, -0.1) is 0 Å². The van der Waals surface area contributed by atoms with Crippen LogP contribution in [0.25, 0.3) is 22.6 Å². The van der Waals surface area contributed by atoms with Crippen molar-refractivity contribution in [1.82, 2.24) is 5.16 Å². The minimum absolute atomic E-state index is 0.221. The molecule has 0 aliphatic rings. The lowest BCUT2D eigenvalue weighted by atomic mass is 10.0. The summed E-state index contributed by atoms with van der Waals surface area (Å²) in [6.07, 6.45) is 0. The smallest absolute Gasteiger partial charge is 0.302 e. The molecule has 110 valence electrons. The zero-order valence-corrected chi connectivity index (χ0v) is 12.2. The second-order valence-electron chi connectivity index (χ2n) is 4.88. The fraction of sp³-hybridized carbons (Fsp3) is 0.111. The Morgan fingerprint density at radius 1 is 1.09 bits per heavy atom. The second kappa shape index (κ2) is 6.26. The van der Waals surface area contributed by atoms with Gasteiger partial charge in [0, 0.05) is 24.1 Å². The third kappa shape index (κ3) is 3.06. The van der Waals surface area contributed by atoms with Gasteiger partial charge in [0.05, 0.1) is 0 Å². The number of carbonyl (C=O) groups excluding carboxylic acids is 1. The molecule has 4 nitrogen and oxygen atoms in total. The van der Waals surface area contributed by atoms with Gasteiger partial charge >= 0.3 is 5.97 Å². The maximum atomic E-state index is 11.0. The van der Waals surface area contributed by atoms with E-state index in [9.17, 15) is 4.79 Å². The van der Waals surface area contributed by atoms with E-state index in [2.05, 4.69) is 5.16 Å². The molecular formula is C18H15NO3. The van der Waals surface area contributed by atoms with E-state index in [0.717, 1.165) is 22.4 Å². The summed E-state index contributed by atoms with van der Waals surface area (Å²) in [5.41, 5.74) is 3.49. The molecular weight excluding hydrogens is 278 g/mol. The summed E-state index contributed by atoms with van der Waals surface area (Å²) >= 11 is 0. The van der Waals surface area contributed by atoms with E-state index in [-0.39, 0.29) is 12.6 Å². The number of benzene rings is 2. The van der Waals surface area contributed by atoms with Crippen molar-refractivity contribution in [3.63, 3.8) is 0 Å². The van der Waals surface area contributed by atoms with Crippen molar-refractivity contribution >= 4 is 5.97 Å². The molecule has 0 fully saturated rings. The molecule has 4 heteroatoms. The summed E-state index contributed by atoms with van der Waals surface area (Å²) in [7, 11) is 0. The van der Waals surface area contributed by atoms with E-state index in [1.165, 1.54) is 6.92 Å². The highest BCUT2D eigenvalue weighted by atomic mass is 16.5. The summed E-state index contributed by atoms with van der Waals surface area (Å²) in [6.45, 7) is 1.62. The Labute approximate surface area is 128 Å². The molecule has 3 rings (SSSR count). The lowest BCUT2D eigenvalue weighted by molar-refractivity contribution is -0.142. The predicted octanol–water partition coefficient (Wildman–Crippen LogP) is 4.07. The summed E-state index contributed by atoms with van der Waals surface area (Å²) in [4.78, 5) is 11.0. The molecule has 0 bridgehead atoms. The van der Waals surface area contributed by atoms with E-state index < -0.39 is 0 Å². The molecule has 0 radical (unpaired) electrons. The fourth-order valence-corrected chi connectivity index (χ4v) is 2.22. The van der Waals surface area contributed by atoms with Gasteiger partial charge in [0.1, 0.15) is 12.3 Å². The van der Waals surface area contributed by atoms with Crippen LogP contribution in [-0.4, -0.2) is 11.1 Å². The number of hydrogen-bond donors (Lipinski definition) is 0. The molecule has 22 heavy (non-hydrogen) atoms. The van der Waals surface area contributed by atoms with Crippen molar-refractivity contribution in [2.75, 3.05) is 0 Å². The van der Waals surface area contributed by atoms with Crippen LogP contribution in [0.15, 0.2) is 65.2 Å². The number of rotatable bonds is 4. The highest BCUT2D eigenvalue weighted by Crippen LogP contribution is 2.28. The number of carbonyl (C=O) groups is 1. The minimum atomic E-state index is -0.306. The fourth-order valence-electron chi connectivity index (χ4n) is 2.22. The monoisotopic (exact) mass is 293 g/mol. The molecule has 0 spiro atoms. The van der Waals surface area contributed by atoms with Gasteiger partial charge in [0.2, 0.25) is 0 Å². The van der Waals surface area contributed by atoms with Gasteiger partial charge in [-0.1, -0.05) is 59.8 Å². The van der Waals surface area contributed by atoms with Gasteiger partial charge in [-0.25, -0.2) is 0 Å². The molecule has 1 heterocycles. The Morgan fingerprint density at radius 2 is 1.82 bits per heavy atom. The van der Waals surface area contributed by atoms with Gasteiger partial charge in [-0.2, -0.15) is 0 Å². The molecule has 2 aromatic carbocycles. The molecule has 0 saturated heterocycles. The van der Waals surface area contributed by atoms with Crippen molar-refractivity contribution in [1.29, 1.82) is 0 Å². The number of esters is 1. The maximum Gasteiger partial charge on any atom is 0.302 e. The summed E-state index contributed by atoms with van der Waals surface area (Å²) < 4.78 is 10.5. The highest BCUT2D eigenvalue weighted by Gasteiger charge is 2.12. The lowest BCUT2D eigenvalue weighted by Crippen LogP contribution is -2.00. The molecule has 0 atom stereocenters. The Balaban J connectivity index is 1.92. The number of aromatic nitrogens is 1. The SMILES string of the molecule is CC(=O)OCc1ccccc1-c1cc(-c2ccccc2)on1. The van der Waals surface area contributed by atoms with Crippen LogP contribution in [0.1, 0.15) is 12.5 Å². The first-order chi connectivity index (χ1) is 10.7. The Morgan fingerprint density at radius 3 is 2.59 bits per heavy atom. The summed E-state index contributed by atoms with van der Waals surface area (Å²) in [6, 6.07) is 19.4. The van der Waals surface area contributed by atoms with E-state index in [0.29, 0.717) is 5.76 Å². The first kappa shape index (κ1) is 14.1. The van der Waals surface area contributed by atoms with Gasteiger partial charge in [0.15, 0.2) is 5.76 Å². The first-order valence-electron chi connectivity index (χ1n) is 6.98. The normalized spacial score (nSPS) is 10.4. The van der Waals surface area contributed by atoms with Crippen LogP contribution >= 0.6 is 0 Å². The topological polar surface area (TPSA) is 52.3 Å². The number of ether oxygens (including phenoxy) is 1. The standard InChI is InChI=1S/C18H15NO3/c1-13(20)21-12-15-9-5-6-10-16(15)17-11-18(22-19-17)14-7-3-2-4-8-14/h2-11H,12H2,1H3. The molecule has 0 unspecified atom stereocenters. The van der Waals surface area contributed by atoms with E-state index in [1.807, 2.05) is 60.7 Å². The van der Waals surface area contributed by atoms with Crippen LogP contribution in [0.4, 0.5) is 0 Å². The minimum Gasteiger partial charge on any atom is -0.461 e. The first-order valence-corrected chi connectivity index (χ1v) is 6.98. The molecule has 3 aromatic rings. The molecule has 0 aliphatic heterocycles. The average molecular weight is 293 g/mol. The molecule has 0 amide bonds. The maximum absolute atomic E-state index is 11.0. The molecule has 0 N–H and O–H groups in total. The zero-order chi connectivity index (χ0) is 15.4. The van der Waals surface area contributed by atoms with Crippen molar-refractivity contribution in [3.05, 3.63) is 66.2 Å². The highest BCUT2D eigenvalue weighted by molar-refractivity contribution is 5.70. The predicted molar refractivity (Wildman–Crippen MR) is 82.8 cm³/mol. The third-order valence-corrected chi connectivity index (χ3v) is 3.29. The van der Waals surface area contributed by atoms with Crippen LogP contribution in [0, 0.1) is 0 Å². The largest absolute Gasteiger partial charge is 0.461 e. The van der Waals surface area contributed by atoms with Crippen LogP contribution in [0.2, 0.25) is 0 Å². The average Bonchev–Trinajstić information content (AvgIpc) is 3.04. The van der Waals surface area contributed by atoms with Crippen molar-refractivity contribution in [3.8, 4) is 22.6 Å². The third-order valence-electron chi connectivity index (χ3n) is 3.29. The molecule has 0 aliphatic carbocycles. The van der Waals surface area contributed by atoms with Gasteiger partial charge < -0.3 is 9.26 Å². The number of nitrogens with zero attached hydrogens (tertiary/aromatic N) is 1. The Kier molecular flexibility index (Phi) is 4.01. The molecule has 0 saturated carbocycles. The van der Waals surface area contributed by atoms with Crippen LogP contribution in [-0.2, 0) is 16.1 Å². The number of hydrogen-bond acceptors (Lipinski definition) is 4. The van der Waals surface area contributed by atoms with E-state index in [4.69, 9.17) is 9.26 Å². The van der Waals surface area contributed by atoms with Crippen LogP contribution < -0.4 is 0 Å². The second-order valence-corrected chi connectivity index (χ2v) is 4.88. The lowest BCUT2D eigenvalue weighted by Gasteiger charge is -2.06. The Bertz CT molecular complexity index is 778. The van der Waals surface area contributed by atoms with E-state index in [1.54, 1.807) is 0 Å². The van der Waals surface area contributed by atoms with E-state index >= 15 is 0 Å². The van der Waals surface area contributed by atoms with Gasteiger partial charge in [0.25, 0.3) is 0 Å². The zero-order valence-electron chi connectivity index (χ0n) is 12.2. The van der Waals surface area contributed by atoms with Crippen molar-refractivity contribution in [2.24, 2.45) is 0 Å². The van der Waals surface area contributed by atoms with Crippen molar-refractivity contribution in [2.45, 2.75) is 13.5 Å². The van der Waals surface area contributed by atoms with Crippen LogP contribution in [0.5, 0.6) is 0 Å². The summed E-state index contributed by atoms with van der Waals surface area (Å²) in [5, 5.41) is 4.14.